The van der Waals surface area contributed by atoms with Crippen molar-refractivity contribution in [2.24, 2.45) is 11.1 Å². The van der Waals surface area contributed by atoms with Crippen LogP contribution in [-0.4, -0.2) is 49.5 Å². The quantitative estimate of drug-likeness (QED) is 0.784. The highest BCUT2D eigenvalue weighted by atomic mass is 35.5. The van der Waals surface area contributed by atoms with Gasteiger partial charge in [0.25, 0.3) is 5.91 Å². The molecule has 1 fully saturated rings. The van der Waals surface area contributed by atoms with E-state index in [9.17, 15) is 18.0 Å². The summed E-state index contributed by atoms with van der Waals surface area (Å²) in [4.78, 5) is 26.6. The summed E-state index contributed by atoms with van der Waals surface area (Å²) in [6.45, 7) is 3.99. The van der Waals surface area contributed by atoms with Gasteiger partial charge in [-0.1, -0.05) is 25.4 Å². The highest BCUT2D eigenvalue weighted by Crippen LogP contribution is 2.18. The van der Waals surface area contributed by atoms with Gasteiger partial charge in [-0.25, -0.2) is 13.6 Å². The van der Waals surface area contributed by atoms with Gasteiger partial charge in [0, 0.05) is 23.7 Å². The third-order valence-corrected chi connectivity index (χ3v) is 5.81. The number of likely N-dealkylation sites (tertiary alicyclic amines) is 1. The van der Waals surface area contributed by atoms with Crippen molar-refractivity contribution in [3.63, 3.8) is 0 Å². The van der Waals surface area contributed by atoms with Crippen molar-refractivity contribution in [3.05, 3.63) is 34.9 Å². The molecule has 1 aliphatic heterocycles. The summed E-state index contributed by atoms with van der Waals surface area (Å²) >= 11 is 5.81. The molecule has 1 aliphatic rings. The molecule has 1 aromatic rings. The second-order valence-corrected chi connectivity index (χ2v) is 8.77. The van der Waals surface area contributed by atoms with Gasteiger partial charge in [0.2, 0.25) is 15.9 Å². The Morgan fingerprint density at radius 3 is 2.36 bits per heavy atom. The first kappa shape index (κ1) is 19.7. The van der Waals surface area contributed by atoms with Crippen LogP contribution in [-0.2, 0) is 14.8 Å². The lowest BCUT2D eigenvalue weighted by Crippen LogP contribution is -2.51. The summed E-state index contributed by atoms with van der Waals surface area (Å²) in [7, 11) is -3.68. The van der Waals surface area contributed by atoms with Gasteiger partial charge in [0.1, 0.15) is 6.04 Å². The number of carbonyl (C=O) groups excluding carboxylic acids is 2. The van der Waals surface area contributed by atoms with E-state index >= 15 is 0 Å². The molecule has 1 saturated heterocycles. The molecule has 1 heterocycles. The SMILES string of the molecule is CC(C)[C@@H](NC(=O)c1ccc(Cl)cc1)C(=O)N1CC[C@@H](S(N)(=O)=O)C1. The van der Waals surface area contributed by atoms with Crippen LogP contribution in [0.1, 0.15) is 30.6 Å². The van der Waals surface area contributed by atoms with Crippen molar-refractivity contribution in [2.45, 2.75) is 31.6 Å². The van der Waals surface area contributed by atoms with E-state index in [1.807, 2.05) is 13.8 Å². The fourth-order valence-electron chi connectivity index (χ4n) is 2.73. The van der Waals surface area contributed by atoms with E-state index in [1.165, 1.54) is 4.90 Å². The maximum atomic E-state index is 12.7. The number of sulfonamides is 1. The normalized spacial score (nSPS) is 19.1. The predicted octanol–water partition coefficient (Wildman–Crippen LogP) is 0.984. The molecule has 2 amide bonds. The fraction of sp³-hybridized carbons (Fsp3) is 0.500. The zero-order chi connectivity index (χ0) is 18.8. The zero-order valence-corrected chi connectivity index (χ0v) is 15.7. The Bertz CT molecular complexity index is 749. The lowest BCUT2D eigenvalue weighted by atomic mass is 10.0. The van der Waals surface area contributed by atoms with Crippen molar-refractivity contribution in [1.82, 2.24) is 10.2 Å². The third-order valence-electron chi connectivity index (χ3n) is 4.25. The third kappa shape index (κ3) is 4.93. The molecule has 0 spiro atoms. The number of nitrogens with one attached hydrogen (secondary N) is 1. The van der Waals surface area contributed by atoms with Gasteiger partial charge in [0.05, 0.1) is 5.25 Å². The number of nitrogens with zero attached hydrogens (tertiary/aromatic N) is 1. The van der Waals surface area contributed by atoms with Crippen LogP contribution in [0.4, 0.5) is 0 Å². The van der Waals surface area contributed by atoms with E-state index in [4.69, 9.17) is 16.7 Å². The van der Waals surface area contributed by atoms with Crippen molar-refractivity contribution >= 4 is 33.4 Å². The lowest BCUT2D eigenvalue weighted by molar-refractivity contribution is -0.133. The lowest BCUT2D eigenvalue weighted by Gasteiger charge is -2.27. The number of nitrogens with two attached hydrogens (primary N) is 1. The number of amides is 2. The number of benzene rings is 1. The number of hydrogen-bond acceptors (Lipinski definition) is 4. The molecule has 9 heteroatoms. The van der Waals surface area contributed by atoms with Gasteiger partial charge in [-0.2, -0.15) is 0 Å². The number of hydrogen-bond donors (Lipinski definition) is 2. The Morgan fingerprint density at radius 1 is 1.28 bits per heavy atom. The molecular weight excluding hydrogens is 366 g/mol. The van der Waals surface area contributed by atoms with Crippen LogP contribution in [0.2, 0.25) is 5.02 Å². The number of carbonyl (C=O) groups is 2. The molecule has 0 saturated carbocycles. The summed E-state index contributed by atoms with van der Waals surface area (Å²) in [5.41, 5.74) is 0.395. The van der Waals surface area contributed by atoms with Gasteiger partial charge in [-0.3, -0.25) is 9.59 Å². The molecule has 7 nitrogen and oxygen atoms in total. The summed E-state index contributed by atoms with van der Waals surface area (Å²) in [5.74, 6) is -0.841. The average molecular weight is 388 g/mol. The van der Waals surface area contributed by atoms with E-state index < -0.39 is 21.3 Å². The largest absolute Gasteiger partial charge is 0.340 e. The van der Waals surface area contributed by atoms with Crippen LogP contribution in [0.3, 0.4) is 0 Å². The zero-order valence-electron chi connectivity index (χ0n) is 14.1. The molecule has 0 radical (unpaired) electrons. The first-order chi connectivity index (χ1) is 11.6. The standard InChI is InChI=1S/C16H22ClN3O4S/c1-10(2)14(19-15(21)11-3-5-12(17)6-4-11)16(22)20-8-7-13(9-20)25(18,23)24/h3-6,10,13-14H,7-9H2,1-2H3,(H,19,21)(H2,18,23,24)/t13-,14-/m1/s1. The van der Waals surface area contributed by atoms with E-state index in [1.54, 1.807) is 24.3 Å². The number of primary sulfonamides is 1. The highest BCUT2D eigenvalue weighted by Gasteiger charge is 2.37. The Balaban J connectivity index is 2.09. The van der Waals surface area contributed by atoms with E-state index in [2.05, 4.69) is 5.32 Å². The highest BCUT2D eigenvalue weighted by molar-refractivity contribution is 7.89. The summed E-state index contributed by atoms with van der Waals surface area (Å²) in [6.07, 6.45) is 0.306. The van der Waals surface area contributed by atoms with Gasteiger partial charge < -0.3 is 10.2 Å². The number of halogens is 1. The molecule has 138 valence electrons. The van der Waals surface area contributed by atoms with Gasteiger partial charge >= 0.3 is 0 Å². The van der Waals surface area contributed by atoms with Crippen LogP contribution < -0.4 is 10.5 Å². The molecule has 2 atom stereocenters. The molecule has 0 aliphatic carbocycles. The smallest absolute Gasteiger partial charge is 0.251 e. The summed E-state index contributed by atoms with van der Waals surface area (Å²) in [5, 5.41) is 7.65. The Labute approximate surface area is 152 Å². The predicted molar refractivity (Wildman–Crippen MR) is 95.6 cm³/mol. The average Bonchev–Trinajstić information content (AvgIpc) is 3.02. The van der Waals surface area contributed by atoms with E-state index in [-0.39, 0.29) is 24.3 Å². The molecule has 0 unspecified atom stereocenters. The first-order valence-corrected chi connectivity index (χ1v) is 9.95. The summed E-state index contributed by atoms with van der Waals surface area (Å²) < 4.78 is 22.9. The minimum atomic E-state index is -3.68. The number of rotatable bonds is 5. The molecule has 2 rings (SSSR count). The van der Waals surface area contributed by atoms with Crippen molar-refractivity contribution < 1.29 is 18.0 Å². The molecule has 1 aromatic carbocycles. The van der Waals surface area contributed by atoms with Crippen molar-refractivity contribution in [3.8, 4) is 0 Å². The fourth-order valence-corrected chi connectivity index (χ4v) is 3.68. The van der Waals surface area contributed by atoms with Crippen LogP contribution in [0, 0.1) is 5.92 Å². The minimum Gasteiger partial charge on any atom is -0.340 e. The van der Waals surface area contributed by atoms with Crippen molar-refractivity contribution in [1.29, 1.82) is 0 Å². The van der Waals surface area contributed by atoms with E-state index in [0.717, 1.165) is 0 Å². The van der Waals surface area contributed by atoms with E-state index in [0.29, 0.717) is 23.6 Å². The molecule has 25 heavy (non-hydrogen) atoms. The Hall–Kier alpha value is -1.64. The molecule has 3 N–H and O–H groups in total. The monoisotopic (exact) mass is 387 g/mol. The summed E-state index contributed by atoms with van der Waals surface area (Å²) in [6, 6.07) is 5.60. The van der Waals surface area contributed by atoms with Crippen LogP contribution >= 0.6 is 11.6 Å². The molecular formula is C16H22ClN3O4S. The van der Waals surface area contributed by atoms with Gasteiger partial charge in [-0.15, -0.1) is 0 Å². The molecule has 0 bridgehead atoms. The van der Waals surface area contributed by atoms with Crippen molar-refractivity contribution in [2.75, 3.05) is 13.1 Å². The maximum absolute atomic E-state index is 12.7. The van der Waals surface area contributed by atoms with Gasteiger partial charge in [0.15, 0.2) is 0 Å². The van der Waals surface area contributed by atoms with Crippen LogP contribution in [0.5, 0.6) is 0 Å². The topological polar surface area (TPSA) is 110 Å². The van der Waals surface area contributed by atoms with Crippen LogP contribution in [0.15, 0.2) is 24.3 Å². The maximum Gasteiger partial charge on any atom is 0.251 e. The van der Waals surface area contributed by atoms with Crippen LogP contribution in [0.25, 0.3) is 0 Å². The minimum absolute atomic E-state index is 0.0533. The Morgan fingerprint density at radius 2 is 1.88 bits per heavy atom. The first-order valence-electron chi connectivity index (χ1n) is 7.96. The molecule has 0 aromatic heterocycles. The second kappa shape index (κ2) is 7.72. The Kier molecular flexibility index (Phi) is 6.08. The second-order valence-electron chi connectivity index (χ2n) is 6.49. The van der Waals surface area contributed by atoms with Gasteiger partial charge in [-0.05, 0) is 36.6 Å².